The molecule has 2 amide bonds. The molecule has 2 N–H and O–H groups in total. The van der Waals surface area contributed by atoms with E-state index in [0.29, 0.717) is 12.1 Å². The first-order valence-corrected chi connectivity index (χ1v) is 9.81. The van der Waals surface area contributed by atoms with Crippen molar-refractivity contribution in [3.63, 3.8) is 0 Å². The van der Waals surface area contributed by atoms with E-state index in [2.05, 4.69) is 15.4 Å². The van der Waals surface area contributed by atoms with Gasteiger partial charge in [-0.25, -0.2) is 9.59 Å². The van der Waals surface area contributed by atoms with Crippen LogP contribution in [0.2, 0.25) is 0 Å². The highest BCUT2D eigenvalue weighted by molar-refractivity contribution is 7.18. The molecule has 0 aliphatic heterocycles. The average molecular weight is 418 g/mol. The summed E-state index contributed by atoms with van der Waals surface area (Å²) in [5, 5.41) is 5.19. The molecular formula is C20H22N2O6S. The summed E-state index contributed by atoms with van der Waals surface area (Å²) < 4.78 is 9.68. The van der Waals surface area contributed by atoms with Crippen LogP contribution in [0, 0.1) is 6.92 Å². The van der Waals surface area contributed by atoms with Crippen LogP contribution in [0.15, 0.2) is 30.3 Å². The van der Waals surface area contributed by atoms with Crippen LogP contribution in [0.25, 0.3) is 0 Å². The number of carbonyl (C=O) groups is 4. The Morgan fingerprint density at radius 2 is 1.66 bits per heavy atom. The second-order valence-electron chi connectivity index (χ2n) is 5.82. The molecule has 1 heterocycles. The molecule has 8 nitrogen and oxygen atoms in total. The summed E-state index contributed by atoms with van der Waals surface area (Å²) in [6.45, 7) is 5.25. The number of anilines is 1. The zero-order chi connectivity index (χ0) is 21.4. The number of carbonyl (C=O) groups excluding carboxylic acids is 4. The molecule has 0 saturated carbocycles. The molecule has 2 rings (SSSR count). The van der Waals surface area contributed by atoms with Gasteiger partial charge in [0.2, 0.25) is 0 Å². The van der Waals surface area contributed by atoms with Gasteiger partial charge in [0.05, 0.1) is 23.7 Å². The molecule has 9 heteroatoms. The van der Waals surface area contributed by atoms with Gasteiger partial charge in [-0.2, -0.15) is 0 Å². The molecule has 0 spiro atoms. The molecule has 2 aromatic rings. The maximum atomic E-state index is 12.6. The van der Waals surface area contributed by atoms with Crippen LogP contribution in [0.4, 0.5) is 5.00 Å². The van der Waals surface area contributed by atoms with Crippen LogP contribution < -0.4 is 10.6 Å². The summed E-state index contributed by atoms with van der Waals surface area (Å²) in [5.41, 5.74) is 1.31. The van der Waals surface area contributed by atoms with Crippen molar-refractivity contribution >= 4 is 40.1 Å². The van der Waals surface area contributed by atoms with Crippen LogP contribution in [0.5, 0.6) is 0 Å². The van der Waals surface area contributed by atoms with Gasteiger partial charge >= 0.3 is 17.8 Å². The largest absolute Gasteiger partial charge is 0.462 e. The van der Waals surface area contributed by atoms with Crippen LogP contribution in [0.1, 0.15) is 45.0 Å². The molecule has 1 aromatic heterocycles. The van der Waals surface area contributed by atoms with E-state index in [-0.39, 0.29) is 28.7 Å². The van der Waals surface area contributed by atoms with Crippen LogP contribution in [0.3, 0.4) is 0 Å². The number of hydrogen-bond donors (Lipinski definition) is 2. The Morgan fingerprint density at radius 1 is 1.00 bits per heavy atom. The lowest BCUT2D eigenvalue weighted by molar-refractivity contribution is -0.152. The Bertz CT molecular complexity index is 907. The number of thiophene rings is 1. The lowest BCUT2D eigenvalue weighted by Gasteiger charge is -2.06. The van der Waals surface area contributed by atoms with E-state index in [1.807, 2.05) is 30.3 Å². The van der Waals surface area contributed by atoms with Gasteiger partial charge in [-0.3, -0.25) is 9.59 Å². The molecule has 0 unspecified atom stereocenters. The Kier molecular flexibility index (Phi) is 7.90. The van der Waals surface area contributed by atoms with E-state index in [1.165, 1.54) is 0 Å². The van der Waals surface area contributed by atoms with Crippen LogP contribution in [-0.4, -0.2) is 37.0 Å². The number of nitrogens with one attached hydrogen (secondary N) is 2. The summed E-state index contributed by atoms with van der Waals surface area (Å²) in [7, 11) is 0. The topological polar surface area (TPSA) is 111 Å². The maximum absolute atomic E-state index is 12.6. The predicted molar refractivity (Wildman–Crippen MR) is 108 cm³/mol. The minimum atomic E-state index is -1.08. The lowest BCUT2D eigenvalue weighted by atomic mass is 10.1. The van der Waals surface area contributed by atoms with Gasteiger partial charge in [0.1, 0.15) is 5.00 Å². The zero-order valence-electron chi connectivity index (χ0n) is 16.4. The molecule has 29 heavy (non-hydrogen) atoms. The number of ether oxygens (including phenoxy) is 2. The molecule has 0 aliphatic carbocycles. The van der Waals surface area contributed by atoms with E-state index in [1.54, 1.807) is 20.8 Å². The first kappa shape index (κ1) is 22.1. The molecule has 0 saturated heterocycles. The number of amides is 2. The van der Waals surface area contributed by atoms with Crippen molar-refractivity contribution in [2.24, 2.45) is 0 Å². The zero-order valence-corrected chi connectivity index (χ0v) is 17.2. The standard InChI is InChI=1S/C20H22N2O6S/c1-4-27-19(25)14-12(3)15(16(23)21-11-13-9-7-6-8-10-13)29-18(14)22-17(24)20(26)28-5-2/h6-10H,4-5,11H2,1-3H3,(H,21,23)(H,22,24). The van der Waals surface area contributed by atoms with Gasteiger partial charge < -0.3 is 20.1 Å². The Balaban J connectivity index is 2.28. The fraction of sp³-hybridized carbons (Fsp3) is 0.300. The molecular weight excluding hydrogens is 396 g/mol. The summed E-state index contributed by atoms with van der Waals surface area (Å²) in [4.78, 5) is 48.9. The highest BCUT2D eigenvalue weighted by Gasteiger charge is 2.28. The smallest absolute Gasteiger partial charge is 0.397 e. The summed E-state index contributed by atoms with van der Waals surface area (Å²) >= 11 is 0.895. The van der Waals surface area contributed by atoms with Gasteiger partial charge in [0, 0.05) is 6.54 Å². The monoisotopic (exact) mass is 418 g/mol. The highest BCUT2D eigenvalue weighted by atomic mass is 32.1. The van der Waals surface area contributed by atoms with E-state index in [4.69, 9.17) is 4.74 Å². The Hall–Kier alpha value is -3.20. The van der Waals surface area contributed by atoms with Crippen molar-refractivity contribution in [1.29, 1.82) is 0 Å². The van der Waals surface area contributed by atoms with Crippen molar-refractivity contribution in [3.05, 3.63) is 51.9 Å². The average Bonchev–Trinajstić information content (AvgIpc) is 3.03. The van der Waals surface area contributed by atoms with Crippen molar-refractivity contribution in [2.75, 3.05) is 18.5 Å². The van der Waals surface area contributed by atoms with Crippen molar-refractivity contribution in [3.8, 4) is 0 Å². The molecule has 0 radical (unpaired) electrons. The summed E-state index contributed by atoms with van der Waals surface area (Å²) in [5.74, 6) is -3.21. The van der Waals surface area contributed by atoms with Crippen molar-refractivity contribution in [1.82, 2.24) is 5.32 Å². The fourth-order valence-electron chi connectivity index (χ4n) is 2.48. The number of hydrogen-bond acceptors (Lipinski definition) is 7. The molecule has 154 valence electrons. The lowest BCUT2D eigenvalue weighted by Crippen LogP contribution is -2.25. The minimum absolute atomic E-state index is 0.0353. The molecule has 0 fully saturated rings. The number of esters is 2. The molecule has 0 atom stereocenters. The van der Waals surface area contributed by atoms with Gasteiger partial charge in [-0.15, -0.1) is 11.3 Å². The summed E-state index contributed by atoms with van der Waals surface area (Å²) in [6, 6.07) is 9.34. The quantitative estimate of drug-likeness (QED) is 0.528. The summed E-state index contributed by atoms with van der Waals surface area (Å²) in [6.07, 6.45) is 0. The number of benzene rings is 1. The van der Waals surface area contributed by atoms with Gasteiger partial charge in [0.15, 0.2) is 0 Å². The Labute approximate surface area is 172 Å². The first-order chi connectivity index (χ1) is 13.9. The third-order valence-corrected chi connectivity index (χ3v) is 5.02. The predicted octanol–water partition coefficient (Wildman–Crippen LogP) is 2.66. The molecule has 0 bridgehead atoms. The SMILES string of the molecule is CCOC(=O)C(=O)Nc1sc(C(=O)NCc2ccccc2)c(C)c1C(=O)OCC. The number of rotatable bonds is 7. The highest BCUT2D eigenvalue weighted by Crippen LogP contribution is 2.34. The van der Waals surface area contributed by atoms with Crippen LogP contribution >= 0.6 is 11.3 Å². The van der Waals surface area contributed by atoms with Gasteiger partial charge in [-0.05, 0) is 31.9 Å². The molecule has 1 aromatic carbocycles. The Morgan fingerprint density at radius 3 is 2.28 bits per heavy atom. The first-order valence-electron chi connectivity index (χ1n) is 8.99. The van der Waals surface area contributed by atoms with E-state index in [9.17, 15) is 19.2 Å². The van der Waals surface area contributed by atoms with Gasteiger partial charge in [-0.1, -0.05) is 30.3 Å². The third-order valence-electron chi connectivity index (χ3n) is 3.82. The minimum Gasteiger partial charge on any atom is -0.462 e. The van der Waals surface area contributed by atoms with Gasteiger partial charge in [0.25, 0.3) is 5.91 Å². The van der Waals surface area contributed by atoms with E-state index in [0.717, 1.165) is 16.9 Å². The van der Waals surface area contributed by atoms with Crippen LogP contribution in [-0.2, 0) is 25.6 Å². The second kappa shape index (κ2) is 10.4. The normalized spacial score (nSPS) is 10.2. The fourth-order valence-corrected chi connectivity index (χ4v) is 3.58. The van der Waals surface area contributed by atoms with Crippen molar-refractivity contribution in [2.45, 2.75) is 27.3 Å². The van der Waals surface area contributed by atoms with E-state index >= 15 is 0 Å². The molecule has 0 aliphatic rings. The maximum Gasteiger partial charge on any atom is 0.397 e. The van der Waals surface area contributed by atoms with E-state index < -0.39 is 23.8 Å². The second-order valence-corrected chi connectivity index (χ2v) is 6.84. The third kappa shape index (κ3) is 5.64. The van der Waals surface area contributed by atoms with Crippen molar-refractivity contribution < 1.29 is 28.7 Å².